The van der Waals surface area contributed by atoms with Crippen LogP contribution in [0.25, 0.3) is 38.9 Å². The Hall–Kier alpha value is -3.38. The van der Waals surface area contributed by atoms with Gasteiger partial charge in [-0.1, -0.05) is 55.5 Å². The lowest BCUT2D eigenvalue weighted by atomic mass is 9.95. The summed E-state index contributed by atoms with van der Waals surface area (Å²) in [5.41, 5.74) is 2.42. The fourth-order valence-corrected chi connectivity index (χ4v) is 4.71. The molecule has 2 atom stereocenters. The molecule has 0 aliphatic carbocycles. The first kappa shape index (κ1) is 22.8. The van der Waals surface area contributed by atoms with Crippen LogP contribution in [0.3, 0.4) is 0 Å². The number of nitro benzene ring substituents is 1. The van der Waals surface area contributed by atoms with Crippen LogP contribution in [0.15, 0.2) is 72.5 Å². The number of nitro groups is 1. The Labute approximate surface area is 191 Å². The molecule has 0 spiro atoms. The van der Waals surface area contributed by atoms with Gasteiger partial charge in [0.05, 0.1) is 22.2 Å². The second-order valence-electron chi connectivity index (χ2n) is 7.79. The van der Waals surface area contributed by atoms with Gasteiger partial charge in [-0.2, -0.15) is 0 Å². The average Bonchev–Trinajstić information content (AvgIpc) is 2.81. The molecule has 0 fully saturated rings. The van der Waals surface area contributed by atoms with Crippen molar-refractivity contribution in [1.29, 1.82) is 0 Å². The van der Waals surface area contributed by atoms with Crippen LogP contribution in [0.1, 0.15) is 26.0 Å². The molecule has 1 heterocycles. The SMILES string of the molecule is CCC(C)OP(=O)(O)C=Cc1ccc2cc([N+](=O)[O-])cc(-c3cccc4ccccc34)c2n1. The van der Waals surface area contributed by atoms with Crippen molar-refractivity contribution >= 4 is 41.0 Å². The number of non-ortho nitro benzene ring substituents is 1. The molecule has 3 aromatic carbocycles. The molecule has 1 N–H and O–H groups in total. The van der Waals surface area contributed by atoms with E-state index < -0.39 is 12.5 Å². The summed E-state index contributed by atoms with van der Waals surface area (Å²) in [6, 6.07) is 20.0. The summed E-state index contributed by atoms with van der Waals surface area (Å²) in [7, 11) is -3.92. The van der Waals surface area contributed by atoms with Crippen LogP contribution in [-0.2, 0) is 9.09 Å². The normalized spacial score (nSPS) is 14.5. The molecule has 4 rings (SSSR count). The quantitative estimate of drug-likeness (QED) is 0.181. The fourth-order valence-electron chi connectivity index (χ4n) is 3.64. The molecule has 0 bridgehead atoms. The van der Waals surface area contributed by atoms with E-state index >= 15 is 0 Å². The highest BCUT2D eigenvalue weighted by Crippen LogP contribution is 2.46. The Kier molecular flexibility index (Phi) is 6.38. The summed E-state index contributed by atoms with van der Waals surface area (Å²) >= 11 is 0. The van der Waals surface area contributed by atoms with Crippen molar-refractivity contribution in [2.24, 2.45) is 0 Å². The van der Waals surface area contributed by atoms with Crippen LogP contribution in [-0.4, -0.2) is 20.9 Å². The number of hydrogen-bond acceptors (Lipinski definition) is 5. The third-order valence-electron chi connectivity index (χ3n) is 5.43. The standard InChI is InChI=1S/C25H23N2O5P/c1-3-17(2)32-33(30,31)14-13-20-12-11-19-15-21(27(28)29)16-24(25(19)26-20)23-10-6-8-18-7-4-5-9-22(18)23/h4-17H,3H2,1-2H3,(H,30,31). The molecule has 1 aromatic heterocycles. The number of pyridine rings is 1. The van der Waals surface area contributed by atoms with Crippen LogP contribution >= 0.6 is 7.60 Å². The zero-order valence-electron chi connectivity index (χ0n) is 18.2. The van der Waals surface area contributed by atoms with Gasteiger partial charge in [0.2, 0.25) is 0 Å². The highest BCUT2D eigenvalue weighted by molar-refractivity contribution is 7.56. The third-order valence-corrected chi connectivity index (χ3v) is 6.62. The van der Waals surface area contributed by atoms with E-state index in [2.05, 4.69) is 4.98 Å². The van der Waals surface area contributed by atoms with Gasteiger partial charge in [0.1, 0.15) is 0 Å². The van der Waals surface area contributed by atoms with Crippen LogP contribution in [0.2, 0.25) is 0 Å². The van der Waals surface area contributed by atoms with E-state index in [0.717, 1.165) is 22.2 Å². The lowest BCUT2D eigenvalue weighted by molar-refractivity contribution is -0.384. The van der Waals surface area contributed by atoms with E-state index in [9.17, 15) is 19.6 Å². The first-order valence-corrected chi connectivity index (χ1v) is 12.2. The largest absolute Gasteiger partial charge is 0.351 e. The van der Waals surface area contributed by atoms with Gasteiger partial charge >= 0.3 is 7.60 Å². The number of nitrogens with zero attached hydrogens (tertiary/aromatic N) is 2. The topological polar surface area (TPSA) is 103 Å². The lowest BCUT2D eigenvalue weighted by Crippen LogP contribution is -2.02. The number of benzene rings is 3. The molecule has 0 aliphatic heterocycles. The number of rotatable bonds is 7. The van der Waals surface area contributed by atoms with Crippen molar-refractivity contribution < 1.29 is 18.9 Å². The summed E-state index contributed by atoms with van der Waals surface area (Å²) < 4.78 is 17.5. The highest BCUT2D eigenvalue weighted by Gasteiger charge is 2.19. The molecule has 2 unspecified atom stereocenters. The van der Waals surface area contributed by atoms with Crippen LogP contribution in [0.4, 0.5) is 5.69 Å². The van der Waals surface area contributed by atoms with Gasteiger partial charge in [0.25, 0.3) is 5.69 Å². The first-order valence-electron chi connectivity index (χ1n) is 10.5. The maximum Gasteiger partial charge on any atom is 0.351 e. The summed E-state index contributed by atoms with van der Waals surface area (Å²) in [5, 5.41) is 14.1. The van der Waals surface area contributed by atoms with Gasteiger partial charge in [-0.25, -0.2) is 4.98 Å². The van der Waals surface area contributed by atoms with Gasteiger partial charge in [0.15, 0.2) is 0 Å². The van der Waals surface area contributed by atoms with E-state index in [0.29, 0.717) is 28.6 Å². The zero-order chi connectivity index (χ0) is 23.6. The molecule has 8 heteroatoms. The Bertz CT molecular complexity index is 1430. The minimum Gasteiger partial charge on any atom is -0.321 e. The van der Waals surface area contributed by atoms with E-state index in [-0.39, 0.29) is 11.8 Å². The molecule has 0 saturated carbocycles. The average molecular weight is 462 g/mol. The second-order valence-corrected chi connectivity index (χ2v) is 9.43. The predicted molar refractivity (Wildman–Crippen MR) is 131 cm³/mol. The Morgan fingerprint density at radius 1 is 1.09 bits per heavy atom. The van der Waals surface area contributed by atoms with Crippen molar-refractivity contribution in [3.63, 3.8) is 0 Å². The van der Waals surface area contributed by atoms with Crippen LogP contribution in [0.5, 0.6) is 0 Å². The number of hydrogen-bond donors (Lipinski definition) is 1. The monoisotopic (exact) mass is 462 g/mol. The van der Waals surface area contributed by atoms with Gasteiger partial charge < -0.3 is 9.42 Å². The van der Waals surface area contributed by atoms with E-state index in [1.54, 1.807) is 19.1 Å². The summed E-state index contributed by atoms with van der Waals surface area (Å²) in [5.74, 6) is 1.12. The van der Waals surface area contributed by atoms with Crippen LogP contribution in [0, 0.1) is 10.1 Å². The maximum absolute atomic E-state index is 12.3. The molecule has 0 saturated heterocycles. The molecular weight excluding hydrogens is 439 g/mol. The van der Waals surface area contributed by atoms with E-state index in [1.165, 1.54) is 18.2 Å². The van der Waals surface area contributed by atoms with Gasteiger partial charge in [-0.05, 0) is 41.8 Å². The molecular formula is C25H23N2O5P. The highest BCUT2D eigenvalue weighted by atomic mass is 31.2. The van der Waals surface area contributed by atoms with Crippen LogP contribution < -0.4 is 0 Å². The first-order chi connectivity index (χ1) is 15.8. The molecule has 4 aromatic rings. The van der Waals surface area contributed by atoms with Gasteiger partial charge in [0, 0.05) is 28.9 Å². The van der Waals surface area contributed by atoms with Crippen molar-refractivity contribution in [3.05, 3.63) is 88.4 Å². The zero-order valence-corrected chi connectivity index (χ0v) is 19.1. The van der Waals surface area contributed by atoms with Gasteiger partial charge in [-0.3, -0.25) is 14.7 Å². The summed E-state index contributed by atoms with van der Waals surface area (Å²) in [4.78, 5) is 25.9. The number of fused-ring (bicyclic) bond motifs is 2. The van der Waals surface area contributed by atoms with Gasteiger partial charge in [-0.15, -0.1) is 0 Å². The smallest absolute Gasteiger partial charge is 0.321 e. The second kappa shape index (κ2) is 9.24. The summed E-state index contributed by atoms with van der Waals surface area (Å²) in [6.45, 7) is 3.60. The Morgan fingerprint density at radius 3 is 2.61 bits per heavy atom. The number of aromatic nitrogens is 1. The predicted octanol–water partition coefficient (Wildman–Crippen LogP) is 6.93. The van der Waals surface area contributed by atoms with E-state index in [4.69, 9.17) is 4.52 Å². The molecule has 0 radical (unpaired) electrons. The lowest BCUT2D eigenvalue weighted by Gasteiger charge is -2.13. The summed E-state index contributed by atoms with van der Waals surface area (Å²) in [6.07, 6.45) is 1.70. The molecule has 0 aliphatic rings. The van der Waals surface area contributed by atoms with Crippen molar-refractivity contribution in [2.75, 3.05) is 0 Å². The maximum atomic E-state index is 12.3. The fraction of sp³-hybridized carbons (Fsp3) is 0.160. The van der Waals surface area contributed by atoms with E-state index in [1.807, 2.05) is 49.4 Å². The molecule has 168 valence electrons. The minimum absolute atomic E-state index is 0.0302. The van der Waals surface area contributed by atoms with Crippen molar-refractivity contribution in [1.82, 2.24) is 4.98 Å². The molecule has 7 nitrogen and oxygen atoms in total. The van der Waals surface area contributed by atoms with Crippen molar-refractivity contribution in [3.8, 4) is 11.1 Å². The minimum atomic E-state index is -3.92. The third kappa shape index (κ3) is 5.01. The van der Waals surface area contributed by atoms with Crippen molar-refractivity contribution in [2.45, 2.75) is 26.4 Å². The Morgan fingerprint density at radius 2 is 1.85 bits per heavy atom. The molecule has 33 heavy (non-hydrogen) atoms. The Balaban J connectivity index is 1.88. The molecule has 0 amide bonds.